The number of carbonyl (C=O) groups is 1. The van der Waals surface area contributed by atoms with Crippen molar-refractivity contribution in [1.82, 2.24) is 9.80 Å². The van der Waals surface area contributed by atoms with Gasteiger partial charge >= 0.3 is 0 Å². The zero-order chi connectivity index (χ0) is 26.9. The minimum atomic E-state index is -0.126. The zero-order valence-corrected chi connectivity index (χ0v) is 24.3. The molecule has 1 saturated heterocycles. The minimum Gasteiger partial charge on any atom is -0.492 e. The van der Waals surface area contributed by atoms with Gasteiger partial charge in [-0.3, -0.25) is 4.79 Å². The monoisotopic (exact) mass is 590 g/mol. The summed E-state index contributed by atoms with van der Waals surface area (Å²) in [6.45, 7) is 4.25. The van der Waals surface area contributed by atoms with Crippen molar-refractivity contribution in [2.24, 2.45) is 0 Å². The molecular weight excluding hydrogens is 562 g/mol. The van der Waals surface area contributed by atoms with Gasteiger partial charge in [-0.05, 0) is 80.9 Å². The maximum Gasteiger partial charge on any atom is 0.253 e. The Kier molecular flexibility index (Phi) is 8.47. The molecule has 0 unspecified atom stereocenters. The Bertz CT molecular complexity index is 1300. The Labute approximate surface area is 244 Å². The van der Waals surface area contributed by atoms with E-state index in [2.05, 4.69) is 23.1 Å². The number of hydrogen-bond acceptors (Lipinski definition) is 3. The van der Waals surface area contributed by atoms with Crippen molar-refractivity contribution >= 4 is 52.3 Å². The minimum absolute atomic E-state index is 0.0831. The zero-order valence-electron chi connectivity index (χ0n) is 21.2. The molecule has 1 amide bonds. The number of rotatable bonds is 7. The maximum absolute atomic E-state index is 13.2. The van der Waals surface area contributed by atoms with Crippen molar-refractivity contribution < 1.29 is 9.53 Å². The van der Waals surface area contributed by atoms with E-state index < -0.39 is 0 Å². The van der Waals surface area contributed by atoms with Crippen LogP contribution in [0.2, 0.25) is 20.1 Å². The predicted molar refractivity (Wildman–Crippen MR) is 157 cm³/mol. The third-order valence-corrected chi connectivity index (χ3v) is 9.11. The molecule has 5 rings (SSSR count). The van der Waals surface area contributed by atoms with Crippen molar-refractivity contribution in [3.63, 3.8) is 0 Å². The second-order valence-electron chi connectivity index (χ2n) is 10.4. The fourth-order valence-corrected chi connectivity index (χ4v) is 6.55. The number of piperidine rings is 1. The highest BCUT2D eigenvalue weighted by atomic mass is 35.5. The number of benzene rings is 3. The lowest BCUT2D eigenvalue weighted by Gasteiger charge is -2.39. The maximum atomic E-state index is 13.2. The molecule has 2 aliphatic heterocycles. The number of para-hydroxylation sites is 1. The Balaban J connectivity index is 1.27. The summed E-state index contributed by atoms with van der Waals surface area (Å²) in [5, 5.41) is 1.92. The van der Waals surface area contributed by atoms with Crippen LogP contribution in [0.1, 0.15) is 46.7 Å². The molecule has 2 aliphatic rings. The van der Waals surface area contributed by atoms with Gasteiger partial charge in [0.1, 0.15) is 5.75 Å². The molecule has 0 radical (unpaired) electrons. The van der Waals surface area contributed by atoms with E-state index in [0.29, 0.717) is 32.2 Å². The number of fused-ring (bicyclic) bond motifs is 2. The van der Waals surface area contributed by atoms with Crippen molar-refractivity contribution in [2.75, 3.05) is 39.8 Å². The number of halogens is 4. The van der Waals surface area contributed by atoms with Crippen LogP contribution in [-0.4, -0.2) is 55.5 Å². The SMILES string of the molecule is CN(C[C@@H](CCN1CCC2(CC1)COc1ccccc12)c1ccc(Cl)c(Cl)c1)C(=O)c1cc(Cl)cc(Cl)c1. The smallest absolute Gasteiger partial charge is 0.253 e. The Morgan fingerprint density at radius 2 is 1.68 bits per heavy atom. The van der Waals surface area contributed by atoms with Gasteiger partial charge in [0, 0.05) is 46.1 Å². The van der Waals surface area contributed by atoms with E-state index in [4.69, 9.17) is 51.1 Å². The average molecular weight is 592 g/mol. The topological polar surface area (TPSA) is 32.8 Å². The molecule has 4 nitrogen and oxygen atoms in total. The number of likely N-dealkylation sites (N-methyl/N-ethyl adjacent to an activating group) is 1. The summed E-state index contributed by atoms with van der Waals surface area (Å²) in [6.07, 6.45) is 3.04. The van der Waals surface area contributed by atoms with Gasteiger partial charge in [-0.1, -0.05) is 70.7 Å². The average Bonchev–Trinajstić information content (AvgIpc) is 3.26. The molecular formula is C30H30Cl4N2O2. The normalized spacial score (nSPS) is 17.2. The summed E-state index contributed by atoms with van der Waals surface area (Å²) in [6, 6.07) is 19.1. The lowest BCUT2D eigenvalue weighted by Crippen LogP contribution is -2.44. The van der Waals surface area contributed by atoms with Crippen LogP contribution >= 0.6 is 46.4 Å². The van der Waals surface area contributed by atoms with Gasteiger partial charge in [-0.25, -0.2) is 0 Å². The molecule has 1 spiro atoms. The van der Waals surface area contributed by atoms with Gasteiger partial charge in [0.15, 0.2) is 0 Å². The van der Waals surface area contributed by atoms with E-state index in [0.717, 1.165) is 56.8 Å². The van der Waals surface area contributed by atoms with Gasteiger partial charge in [-0.15, -0.1) is 0 Å². The first-order valence-electron chi connectivity index (χ1n) is 12.9. The summed E-state index contributed by atoms with van der Waals surface area (Å²) in [5.74, 6) is 0.994. The number of carbonyl (C=O) groups excluding carboxylic acids is 1. The highest BCUT2D eigenvalue weighted by molar-refractivity contribution is 6.42. The number of likely N-dealkylation sites (tertiary alicyclic amines) is 1. The van der Waals surface area contributed by atoms with E-state index >= 15 is 0 Å². The van der Waals surface area contributed by atoms with Gasteiger partial charge in [0.05, 0.1) is 16.7 Å². The first kappa shape index (κ1) is 27.6. The summed E-state index contributed by atoms with van der Waals surface area (Å²) in [4.78, 5) is 17.5. The molecule has 0 aromatic heterocycles. The number of nitrogens with zero attached hydrogens (tertiary/aromatic N) is 2. The Hall–Kier alpha value is -1.95. The van der Waals surface area contributed by atoms with E-state index in [9.17, 15) is 4.79 Å². The largest absolute Gasteiger partial charge is 0.492 e. The van der Waals surface area contributed by atoms with Crippen LogP contribution in [0.3, 0.4) is 0 Å². The molecule has 3 aromatic carbocycles. The summed E-state index contributed by atoms with van der Waals surface area (Å²) in [7, 11) is 1.81. The van der Waals surface area contributed by atoms with Gasteiger partial charge in [0.2, 0.25) is 0 Å². The lowest BCUT2D eigenvalue weighted by atomic mass is 9.74. The molecule has 200 valence electrons. The molecule has 2 heterocycles. The first-order valence-corrected chi connectivity index (χ1v) is 14.4. The lowest BCUT2D eigenvalue weighted by molar-refractivity contribution is 0.0779. The number of amides is 1. The Morgan fingerprint density at radius 3 is 2.39 bits per heavy atom. The van der Waals surface area contributed by atoms with Gasteiger partial charge in [0.25, 0.3) is 5.91 Å². The van der Waals surface area contributed by atoms with Crippen LogP contribution in [0.4, 0.5) is 0 Å². The van der Waals surface area contributed by atoms with E-state index in [1.54, 1.807) is 23.1 Å². The molecule has 1 atom stereocenters. The molecule has 0 N–H and O–H groups in total. The van der Waals surface area contributed by atoms with Crippen molar-refractivity contribution in [3.05, 3.63) is 97.4 Å². The Morgan fingerprint density at radius 1 is 0.974 bits per heavy atom. The van der Waals surface area contributed by atoms with Crippen LogP contribution in [0.15, 0.2) is 60.7 Å². The molecule has 0 saturated carbocycles. The third kappa shape index (κ3) is 5.95. The van der Waals surface area contributed by atoms with Gasteiger partial charge < -0.3 is 14.5 Å². The third-order valence-electron chi connectivity index (χ3n) is 7.93. The summed E-state index contributed by atoms with van der Waals surface area (Å²) in [5.41, 5.74) is 3.02. The highest BCUT2D eigenvalue weighted by Crippen LogP contribution is 2.45. The first-order chi connectivity index (χ1) is 18.2. The quantitative estimate of drug-likeness (QED) is 0.279. The predicted octanol–water partition coefficient (Wildman–Crippen LogP) is 7.97. The van der Waals surface area contributed by atoms with Crippen LogP contribution < -0.4 is 4.74 Å². The summed E-state index contributed by atoms with van der Waals surface area (Å²) < 4.78 is 6.03. The summed E-state index contributed by atoms with van der Waals surface area (Å²) >= 11 is 24.9. The van der Waals surface area contributed by atoms with E-state index in [1.165, 1.54) is 5.56 Å². The number of ether oxygens (including phenoxy) is 1. The highest BCUT2D eigenvalue weighted by Gasteiger charge is 2.42. The van der Waals surface area contributed by atoms with Crippen molar-refractivity contribution in [1.29, 1.82) is 0 Å². The van der Waals surface area contributed by atoms with Gasteiger partial charge in [-0.2, -0.15) is 0 Å². The molecule has 8 heteroatoms. The van der Waals surface area contributed by atoms with E-state index in [1.807, 2.05) is 31.3 Å². The standard InChI is InChI=1S/C30H30Cl4N2O2/c1-35(29(37)22-14-23(31)17-24(32)15-22)18-21(20-6-7-26(33)27(34)16-20)8-11-36-12-9-30(10-13-36)19-38-28-5-3-2-4-25(28)30/h2-7,14-17,21H,8-13,18-19H2,1H3/t21-/m1/s1. The molecule has 38 heavy (non-hydrogen) atoms. The fraction of sp³-hybridized carbons (Fsp3) is 0.367. The molecule has 0 aliphatic carbocycles. The second-order valence-corrected chi connectivity index (χ2v) is 12.1. The van der Waals surface area contributed by atoms with Crippen molar-refractivity contribution in [2.45, 2.75) is 30.6 Å². The second kappa shape index (κ2) is 11.7. The van der Waals surface area contributed by atoms with Crippen LogP contribution in [0.5, 0.6) is 5.75 Å². The number of hydrogen-bond donors (Lipinski definition) is 0. The molecule has 0 bridgehead atoms. The fourth-order valence-electron chi connectivity index (χ4n) is 5.72. The molecule has 3 aromatic rings. The van der Waals surface area contributed by atoms with E-state index in [-0.39, 0.29) is 17.2 Å². The van der Waals surface area contributed by atoms with Crippen LogP contribution in [0.25, 0.3) is 0 Å². The molecule has 1 fully saturated rings. The van der Waals surface area contributed by atoms with Crippen molar-refractivity contribution in [3.8, 4) is 5.75 Å². The van der Waals surface area contributed by atoms with Crippen LogP contribution in [0, 0.1) is 0 Å². The van der Waals surface area contributed by atoms with Crippen LogP contribution in [-0.2, 0) is 5.41 Å².